The highest BCUT2D eigenvalue weighted by Crippen LogP contribution is 2.31. The van der Waals surface area contributed by atoms with E-state index in [4.69, 9.17) is 4.74 Å². The second-order valence-corrected chi connectivity index (χ2v) is 10.2. The maximum atomic E-state index is 11.9. The number of carbonyl (C=O) groups is 1. The Morgan fingerprint density at radius 2 is 1.94 bits per heavy atom. The molecular formula is C13H16O2Si. The summed E-state index contributed by atoms with van der Waals surface area (Å²) in [7, 11) is -1.39. The SMILES string of the molecule is C[Si](C)(C)C=C1C(=O)COc2ccccc21. The van der Waals surface area contributed by atoms with Gasteiger partial charge in [0.25, 0.3) is 0 Å². The predicted molar refractivity (Wildman–Crippen MR) is 68.3 cm³/mol. The molecule has 16 heavy (non-hydrogen) atoms. The van der Waals surface area contributed by atoms with Gasteiger partial charge in [0.2, 0.25) is 0 Å². The molecule has 0 fully saturated rings. The Labute approximate surface area is 96.9 Å². The summed E-state index contributed by atoms with van der Waals surface area (Å²) in [6.45, 7) is 6.86. The number of para-hydroxylation sites is 1. The summed E-state index contributed by atoms with van der Waals surface area (Å²) in [6.07, 6.45) is 0. The first-order chi connectivity index (χ1) is 7.47. The van der Waals surface area contributed by atoms with E-state index >= 15 is 0 Å². The molecule has 0 saturated carbocycles. The van der Waals surface area contributed by atoms with Crippen molar-refractivity contribution in [2.24, 2.45) is 0 Å². The van der Waals surface area contributed by atoms with Crippen LogP contribution in [0.5, 0.6) is 5.75 Å². The number of carbonyl (C=O) groups excluding carboxylic acids is 1. The minimum absolute atomic E-state index is 0.0983. The molecule has 0 aliphatic carbocycles. The lowest BCUT2D eigenvalue weighted by molar-refractivity contribution is -0.116. The minimum atomic E-state index is -1.39. The zero-order chi connectivity index (χ0) is 11.8. The molecule has 0 spiro atoms. The summed E-state index contributed by atoms with van der Waals surface area (Å²) in [5.74, 6) is 0.924. The molecule has 0 unspecified atom stereocenters. The Balaban J connectivity index is 2.53. The number of ketones is 1. The number of hydrogen-bond donors (Lipinski definition) is 0. The van der Waals surface area contributed by atoms with Crippen molar-refractivity contribution >= 4 is 19.4 Å². The molecule has 0 radical (unpaired) electrons. The first kappa shape index (κ1) is 11.1. The van der Waals surface area contributed by atoms with Gasteiger partial charge >= 0.3 is 0 Å². The van der Waals surface area contributed by atoms with E-state index < -0.39 is 8.07 Å². The van der Waals surface area contributed by atoms with Gasteiger partial charge in [-0.3, -0.25) is 4.79 Å². The molecule has 3 heteroatoms. The topological polar surface area (TPSA) is 26.3 Å². The van der Waals surface area contributed by atoms with Crippen LogP contribution in [0.3, 0.4) is 0 Å². The van der Waals surface area contributed by atoms with Gasteiger partial charge in [0.05, 0.1) is 8.07 Å². The number of benzene rings is 1. The quantitative estimate of drug-likeness (QED) is 0.550. The first-order valence-corrected chi connectivity index (χ1v) is 9.03. The third kappa shape index (κ3) is 2.24. The Morgan fingerprint density at radius 3 is 2.62 bits per heavy atom. The fourth-order valence-corrected chi connectivity index (χ4v) is 2.96. The molecular weight excluding hydrogens is 216 g/mol. The lowest BCUT2D eigenvalue weighted by atomic mass is 10.0. The largest absolute Gasteiger partial charge is 0.485 e. The van der Waals surface area contributed by atoms with E-state index in [1.165, 1.54) is 0 Å². The Kier molecular flexibility index (Phi) is 2.72. The van der Waals surface area contributed by atoms with E-state index in [9.17, 15) is 4.79 Å². The molecule has 84 valence electrons. The van der Waals surface area contributed by atoms with Gasteiger partial charge in [0.15, 0.2) is 12.4 Å². The number of hydrogen-bond acceptors (Lipinski definition) is 2. The van der Waals surface area contributed by atoms with Crippen LogP contribution in [0.4, 0.5) is 0 Å². The minimum Gasteiger partial charge on any atom is -0.485 e. The first-order valence-electron chi connectivity index (χ1n) is 5.46. The van der Waals surface area contributed by atoms with Gasteiger partial charge in [-0.1, -0.05) is 43.5 Å². The molecule has 2 rings (SSSR count). The molecule has 0 bridgehead atoms. The van der Waals surface area contributed by atoms with E-state index in [-0.39, 0.29) is 12.4 Å². The zero-order valence-electron chi connectivity index (χ0n) is 9.91. The molecule has 2 nitrogen and oxygen atoms in total. The van der Waals surface area contributed by atoms with E-state index in [0.717, 1.165) is 16.9 Å². The fraction of sp³-hybridized carbons (Fsp3) is 0.308. The van der Waals surface area contributed by atoms with Gasteiger partial charge in [0, 0.05) is 11.1 Å². The Bertz CT molecular complexity index is 455. The van der Waals surface area contributed by atoms with Gasteiger partial charge in [-0.25, -0.2) is 0 Å². The summed E-state index contributed by atoms with van der Waals surface area (Å²) in [5.41, 5.74) is 3.96. The zero-order valence-corrected chi connectivity index (χ0v) is 10.9. The molecule has 1 aromatic rings. The van der Waals surface area contributed by atoms with Crippen molar-refractivity contribution in [3.63, 3.8) is 0 Å². The van der Waals surface area contributed by atoms with Gasteiger partial charge in [-0.2, -0.15) is 0 Å². The monoisotopic (exact) mass is 232 g/mol. The van der Waals surface area contributed by atoms with Crippen molar-refractivity contribution in [2.75, 3.05) is 6.61 Å². The third-order valence-corrected chi connectivity index (χ3v) is 3.57. The van der Waals surface area contributed by atoms with Crippen LogP contribution in [-0.2, 0) is 4.79 Å². The van der Waals surface area contributed by atoms with Gasteiger partial charge < -0.3 is 4.74 Å². The molecule has 1 heterocycles. The maximum Gasteiger partial charge on any atom is 0.200 e. The van der Waals surface area contributed by atoms with Crippen molar-refractivity contribution in [1.82, 2.24) is 0 Å². The van der Waals surface area contributed by atoms with Gasteiger partial charge in [-0.05, 0) is 6.07 Å². The number of fused-ring (bicyclic) bond motifs is 1. The van der Waals surface area contributed by atoms with Crippen molar-refractivity contribution in [2.45, 2.75) is 19.6 Å². The lowest BCUT2D eigenvalue weighted by Gasteiger charge is -2.21. The van der Waals surface area contributed by atoms with Crippen LogP contribution in [0, 0.1) is 0 Å². The van der Waals surface area contributed by atoms with Crippen LogP contribution in [0.25, 0.3) is 5.57 Å². The summed E-state index contributed by atoms with van der Waals surface area (Å²) in [4.78, 5) is 11.9. The average Bonchev–Trinajstić information content (AvgIpc) is 2.21. The van der Waals surface area contributed by atoms with Gasteiger partial charge in [0.1, 0.15) is 5.75 Å². The summed E-state index contributed by atoms with van der Waals surface area (Å²) in [6, 6.07) is 7.75. The van der Waals surface area contributed by atoms with Gasteiger partial charge in [-0.15, -0.1) is 0 Å². The molecule has 0 aromatic heterocycles. The molecule has 0 saturated heterocycles. The van der Waals surface area contributed by atoms with E-state index in [2.05, 4.69) is 25.3 Å². The standard InChI is InChI=1S/C13H16O2Si/c1-16(2,3)9-11-10-6-4-5-7-13(10)15-8-12(11)14/h4-7,9H,8H2,1-3H3. The van der Waals surface area contributed by atoms with Crippen LogP contribution >= 0.6 is 0 Å². The number of ether oxygens (including phenoxy) is 1. The van der Waals surface area contributed by atoms with Crippen molar-refractivity contribution in [3.8, 4) is 5.75 Å². The maximum absolute atomic E-state index is 11.9. The van der Waals surface area contributed by atoms with E-state index in [0.29, 0.717) is 0 Å². The van der Waals surface area contributed by atoms with Crippen LogP contribution in [-0.4, -0.2) is 20.5 Å². The molecule has 1 aliphatic rings. The number of rotatable bonds is 1. The fourth-order valence-electron chi connectivity index (χ4n) is 1.78. The summed E-state index contributed by atoms with van der Waals surface area (Å²) in [5, 5.41) is 0. The summed E-state index contributed by atoms with van der Waals surface area (Å²) < 4.78 is 5.41. The highest BCUT2D eigenvalue weighted by molar-refractivity contribution is 6.82. The Morgan fingerprint density at radius 1 is 1.25 bits per heavy atom. The summed E-state index contributed by atoms with van der Waals surface area (Å²) >= 11 is 0. The number of Topliss-reactive ketones (excluding diaryl/α,β-unsaturated/α-hetero) is 1. The molecule has 1 aliphatic heterocycles. The smallest absolute Gasteiger partial charge is 0.200 e. The molecule has 0 N–H and O–H groups in total. The van der Waals surface area contributed by atoms with Crippen molar-refractivity contribution < 1.29 is 9.53 Å². The predicted octanol–water partition coefficient (Wildman–Crippen LogP) is 2.91. The van der Waals surface area contributed by atoms with E-state index in [1.807, 2.05) is 24.3 Å². The van der Waals surface area contributed by atoms with Crippen molar-refractivity contribution in [1.29, 1.82) is 0 Å². The van der Waals surface area contributed by atoms with Crippen LogP contribution in [0.15, 0.2) is 30.0 Å². The van der Waals surface area contributed by atoms with Crippen LogP contribution in [0.2, 0.25) is 19.6 Å². The Hall–Kier alpha value is -1.35. The highest BCUT2D eigenvalue weighted by Gasteiger charge is 2.24. The molecule has 1 aromatic carbocycles. The normalized spacial score (nSPS) is 18.2. The highest BCUT2D eigenvalue weighted by atomic mass is 28.3. The van der Waals surface area contributed by atoms with Crippen LogP contribution in [0.1, 0.15) is 5.56 Å². The van der Waals surface area contributed by atoms with Crippen molar-refractivity contribution in [3.05, 3.63) is 35.5 Å². The van der Waals surface area contributed by atoms with Crippen LogP contribution < -0.4 is 4.74 Å². The average molecular weight is 232 g/mol. The second kappa shape index (κ2) is 3.90. The lowest BCUT2D eigenvalue weighted by Crippen LogP contribution is -2.24. The molecule has 0 amide bonds. The molecule has 0 atom stereocenters. The van der Waals surface area contributed by atoms with E-state index in [1.54, 1.807) is 0 Å². The third-order valence-electron chi connectivity index (χ3n) is 2.41. The second-order valence-electron chi connectivity index (χ2n) is 5.13.